The molecule has 5 nitrogen and oxygen atoms in total. The van der Waals surface area contributed by atoms with Gasteiger partial charge in [0.1, 0.15) is 0 Å². The average Bonchev–Trinajstić information content (AvgIpc) is 3.04. The molecular weight excluding hydrogens is 357 g/mol. The molecule has 1 aliphatic carbocycles. The fraction of sp³-hybridized carbons (Fsp3) is 0.562. The van der Waals surface area contributed by atoms with E-state index in [0.717, 1.165) is 31.2 Å². The van der Waals surface area contributed by atoms with Crippen molar-refractivity contribution in [1.82, 2.24) is 9.62 Å². The van der Waals surface area contributed by atoms with E-state index in [1.54, 1.807) is 6.07 Å². The molecule has 3 rings (SSSR count). The van der Waals surface area contributed by atoms with Gasteiger partial charge in [-0.15, -0.1) is 0 Å². The molecule has 0 atom stereocenters. The lowest BCUT2D eigenvalue weighted by molar-refractivity contribution is -0.186. The lowest BCUT2D eigenvalue weighted by atomic mass is 10.00. The molecule has 0 spiro atoms. The van der Waals surface area contributed by atoms with E-state index in [4.69, 9.17) is 0 Å². The molecule has 9 heteroatoms. The number of nitrogens with one attached hydrogen (secondary N) is 1. The first-order valence-corrected chi connectivity index (χ1v) is 9.65. The van der Waals surface area contributed by atoms with E-state index in [1.165, 1.54) is 12.1 Å². The van der Waals surface area contributed by atoms with Crippen molar-refractivity contribution in [3.05, 3.63) is 29.3 Å². The number of hydrogen-bond donors (Lipinski definition) is 1. The minimum absolute atomic E-state index is 0.0273. The number of amides is 1. The predicted octanol–water partition coefficient (Wildman–Crippen LogP) is 2.35. The third-order valence-corrected chi connectivity index (χ3v) is 6.23. The fourth-order valence-corrected chi connectivity index (χ4v) is 4.74. The summed E-state index contributed by atoms with van der Waals surface area (Å²) in [6.07, 6.45) is -1.12. The van der Waals surface area contributed by atoms with Gasteiger partial charge in [-0.1, -0.05) is 18.9 Å². The number of fused-ring (bicyclic) bond motifs is 1. The highest BCUT2D eigenvalue weighted by Crippen LogP contribution is 2.27. The highest BCUT2D eigenvalue weighted by atomic mass is 32.2. The normalized spacial score (nSPS) is 19.1. The zero-order valence-corrected chi connectivity index (χ0v) is 14.3. The number of carbonyl (C=O) groups is 1. The number of halogens is 3. The molecule has 1 amide bonds. The Morgan fingerprint density at radius 2 is 1.84 bits per heavy atom. The van der Waals surface area contributed by atoms with Crippen LogP contribution in [-0.4, -0.2) is 38.0 Å². The van der Waals surface area contributed by atoms with E-state index >= 15 is 0 Å². The van der Waals surface area contributed by atoms with Crippen molar-refractivity contribution in [3.8, 4) is 0 Å². The highest BCUT2D eigenvalue weighted by Gasteiger charge is 2.43. The second-order valence-electron chi connectivity index (χ2n) is 6.51. The van der Waals surface area contributed by atoms with Gasteiger partial charge in [-0.3, -0.25) is 4.79 Å². The minimum atomic E-state index is -4.93. The fourth-order valence-electron chi connectivity index (χ4n) is 3.38. The summed E-state index contributed by atoms with van der Waals surface area (Å²) in [5, 5.41) is 0. The molecule has 1 fully saturated rings. The van der Waals surface area contributed by atoms with Gasteiger partial charge in [0.15, 0.2) is 0 Å². The molecule has 2 aliphatic rings. The van der Waals surface area contributed by atoms with Gasteiger partial charge in [0.05, 0.1) is 4.90 Å². The SMILES string of the molecule is O=C(N1CCc2ccc(S(=O)(=O)NC3CCCC3)cc2C1)C(F)(F)F. The Labute approximate surface area is 144 Å². The van der Waals surface area contributed by atoms with Gasteiger partial charge in [-0.25, -0.2) is 13.1 Å². The third kappa shape index (κ3) is 3.98. The molecule has 1 aromatic carbocycles. The zero-order chi connectivity index (χ0) is 18.2. The Morgan fingerprint density at radius 1 is 1.16 bits per heavy atom. The highest BCUT2D eigenvalue weighted by molar-refractivity contribution is 7.89. The van der Waals surface area contributed by atoms with Crippen molar-refractivity contribution in [2.45, 2.75) is 55.8 Å². The lowest BCUT2D eigenvalue weighted by Crippen LogP contribution is -2.43. The van der Waals surface area contributed by atoms with Gasteiger partial charge in [-0.2, -0.15) is 13.2 Å². The molecule has 1 saturated carbocycles. The number of sulfonamides is 1. The molecule has 0 saturated heterocycles. The predicted molar refractivity (Wildman–Crippen MR) is 84.2 cm³/mol. The van der Waals surface area contributed by atoms with Crippen molar-refractivity contribution in [2.75, 3.05) is 6.54 Å². The first kappa shape index (κ1) is 18.2. The summed E-state index contributed by atoms with van der Waals surface area (Å²) in [5.41, 5.74) is 1.21. The van der Waals surface area contributed by atoms with Crippen molar-refractivity contribution < 1.29 is 26.4 Å². The number of hydrogen-bond acceptors (Lipinski definition) is 3. The van der Waals surface area contributed by atoms with Crippen LogP contribution < -0.4 is 4.72 Å². The maximum Gasteiger partial charge on any atom is 0.471 e. The summed E-state index contributed by atoms with van der Waals surface area (Å²) >= 11 is 0. The van der Waals surface area contributed by atoms with E-state index in [0.29, 0.717) is 10.5 Å². The first-order valence-electron chi connectivity index (χ1n) is 8.17. The first-order chi connectivity index (χ1) is 11.7. The quantitative estimate of drug-likeness (QED) is 0.881. The van der Waals surface area contributed by atoms with Crippen LogP contribution >= 0.6 is 0 Å². The smallest absolute Gasteiger partial charge is 0.330 e. The number of benzene rings is 1. The van der Waals surface area contributed by atoms with E-state index < -0.39 is 22.1 Å². The van der Waals surface area contributed by atoms with Gasteiger partial charge in [0, 0.05) is 19.1 Å². The molecule has 0 bridgehead atoms. The van der Waals surface area contributed by atoms with Gasteiger partial charge in [0.2, 0.25) is 10.0 Å². The van der Waals surface area contributed by atoms with Crippen LogP contribution in [0.5, 0.6) is 0 Å². The van der Waals surface area contributed by atoms with Gasteiger partial charge >= 0.3 is 12.1 Å². The van der Waals surface area contributed by atoms with Gasteiger partial charge < -0.3 is 4.90 Å². The summed E-state index contributed by atoms with van der Waals surface area (Å²) in [6, 6.07) is 4.37. The van der Waals surface area contributed by atoms with Crippen molar-refractivity contribution >= 4 is 15.9 Å². The largest absolute Gasteiger partial charge is 0.471 e. The molecule has 138 valence electrons. The topological polar surface area (TPSA) is 66.5 Å². The maximum absolute atomic E-state index is 12.6. The van der Waals surface area contributed by atoms with Crippen molar-refractivity contribution in [2.24, 2.45) is 0 Å². The number of rotatable bonds is 3. The lowest BCUT2D eigenvalue weighted by Gasteiger charge is -2.29. The van der Waals surface area contributed by atoms with Crippen molar-refractivity contribution in [1.29, 1.82) is 0 Å². The summed E-state index contributed by atoms with van der Waals surface area (Å²) in [4.78, 5) is 12.2. The molecular formula is C16H19F3N2O3S. The molecule has 1 aromatic rings. The van der Waals surface area contributed by atoms with E-state index in [-0.39, 0.29) is 30.4 Å². The van der Waals surface area contributed by atoms with Crippen LogP contribution in [0.3, 0.4) is 0 Å². The van der Waals surface area contributed by atoms with Crippen LogP contribution in [0.25, 0.3) is 0 Å². The summed E-state index contributed by atoms with van der Waals surface area (Å²) in [5.74, 6) is -1.89. The molecule has 0 unspecified atom stereocenters. The Balaban J connectivity index is 1.81. The molecule has 25 heavy (non-hydrogen) atoms. The molecule has 0 aromatic heterocycles. The minimum Gasteiger partial charge on any atom is -0.330 e. The zero-order valence-electron chi connectivity index (χ0n) is 13.5. The number of nitrogens with zero attached hydrogens (tertiary/aromatic N) is 1. The van der Waals surface area contributed by atoms with E-state index in [1.807, 2.05) is 0 Å². The second kappa shape index (κ2) is 6.60. The second-order valence-corrected chi connectivity index (χ2v) is 8.22. The summed E-state index contributed by atoms with van der Waals surface area (Å²) in [7, 11) is -3.72. The van der Waals surface area contributed by atoms with Crippen LogP contribution in [0, 0.1) is 0 Å². The van der Waals surface area contributed by atoms with E-state index in [9.17, 15) is 26.4 Å². The molecule has 0 radical (unpaired) electrons. The Hall–Kier alpha value is -1.61. The monoisotopic (exact) mass is 376 g/mol. The average molecular weight is 376 g/mol. The van der Waals surface area contributed by atoms with Crippen LogP contribution in [-0.2, 0) is 27.8 Å². The standard InChI is InChI=1S/C16H19F3N2O3S/c17-16(18,19)15(22)21-8-7-11-5-6-14(9-12(11)10-21)25(23,24)20-13-3-1-2-4-13/h5-6,9,13,20H,1-4,7-8,10H2. The van der Waals surface area contributed by atoms with Gasteiger partial charge in [0.25, 0.3) is 0 Å². The van der Waals surface area contributed by atoms with E-state index in [2.05, 4.69) is 4.72 Å². The Kier molecular flexibility index (Phi) is 4.80. The van der Waals surface area contributed by atoms with Crippen LogP contribution in [0.2, 0.25) is 0 Å². The van der Waals surface area contributed by atoms with Gasteiger partial charge in [-0.05, 0) is 42.5 Å². The summed E-state index contributed by atoms with van der Waals surface area (Å²) < 4.78 is 65.4. The molecule has 1 N–H and O–H groups in total. The third-order valence-electron chi connectivity index (χ3n) is 4.71. The van der Waals surface area contributed by atoms with Crippen molar-refractivity contribution in [3.63, 3.8) is 0 Å². The van der Waals surface area contributed by atoms with Crippen LogP contribution in [0.1, 0.15) is 36.8 Å². The maximum atomic E-state index is 12.6. The van der Waals surface area contributed by atoms with Crippen LogP contribution in [0.4, 0.5) is 13.2 Å². The number of carbonyl (C=O) groups excluding carboxylic acids is 1. The molecule has 1 aliphatic heterocycles. The Morgan fingerprint density at radius 3 is 2.48 bits per heavy atom. The van der Waals surface area contributed by atoms with Crippen LogP contribution in [0.15, 0.2) is 23.1 Å². The Bertz CT molecular complexity index is 771. The molecule has 1 heterocycles. The summed E-state index contributed by atoms with van der Waals surface area (Å²) in [6.45, 7) is -0.266. The number of alkyl halides is 3.